The lowest BCUT2D eigenvalue weighted by molar-refractivity contribution is 0.101. The van der Waals surface area contributed by atoms with Crippen LogP contribution in [0.5, 0.6) is 0 Å². The van der Waals surface area contributed by atoms with Crippen molar-refractivity contribution in [1.82, 2.24) is 9.78 Å². The number of nitrogens with zero attached hydrogens (tertiary/aromatic N) is 2. The number of hydrogen-bond acceptors (Lipinski definition) is 2. The van der Waals surface area contributed by atoms with Gasteiger partial charge in [-0.1, -0.05) is 12.1 Å². The van der Waals surface area contributed by atoms with Gasteiger partial charge in [-0.15, -0.1) is 0 Å². The van der Waals surface area contributed by atoms with Crippen molar-refractivity contribution in [2.45, 2.75) is 26.8 Å². The summed E-state index contributed by atoms with van der Waals surface area (Å²) < 4.78 is 1.89. The molecule has 15 heavy (non-hydrogen) atoms. The van der Waals surface area contributed by atoms with Crippen molar-refractivity contribution in [2.75, 3.05) is 0 Å². The Morgan fingerprint density at radius 3 is 2.73 bits per heavy atom. The summed E-state index contributed by atoms with van der Waals surface area (Å²) in [5, 5.41) is 5.33. The maximum absolute atomic E-state index is 11.5. The molecule has 0 aliphatic carbocycles. The van der Waals surface area contributed by atoms with Crippen LogP contribution in [-0.2, 0) is 0 Å². The van der Waals surface area contributed by atoms with Crippen molar-refractivity contribution in [1.29, 1.82) is 0 Å². The molecule has 0 amide bonds. The Hall–Kier alpha value is -1.64. The molecular weight excluding hydrogens is 188 g/mol. The smallest absolute Gasteiger partial charge is 0.161 e. The summed E-state index contributed by atoms with van der Waals surface area (Å²) in [6.45, 7) is 5.71. The SMILES string of the molecule is CC(=O)c1cccc2cnn(C(C)C)c12. The molecule has 1 aromatic carbocycles. The number of fused-ring (bicyclic) bond motifs is 1. The molecular formula is C12H14N2O. The van der Waals surface area contributed by atoms with Crippen LogP contribution in [-0.4, -0.2) is 15.6 Å². The van der Waals surface area contributed by atoms with E-state index in [9.17, 15) is 4.79 Å². The molecule has 3 nitrogen and oxygen atoms in total. The Bertz CT molecular complexity index is 511. The molecule has 0 aliphatic rings. The van der Waals surface area contributed by atoms with E-state index in [1.54, 1.807) is 6.92 Å². The van der Waals surface area contributed by atoms with Gasteiger partial charge in [0, 0.05) is 17.0 Å². The maximum atomic E-state index is 11.5. The Kier molecular flexibility index (Phi) is 2.31. The molecule has 1 aromatic heterocycles. The Labute approximate surface area is 88.7 Å². The van der Waals surface area contributed by atoms with Crippen molar-refractivity contribution < 1.29 is 4.79 Å². The first kappa shape index (κ1) is 9.90. The van der Waals surface area contributed by atoms with E-state index in [-0.39, 0.29) is 11.8 Å². The van der Waals surface area contributed by atoms with Gasteiger partial charge >= 0.3 is 0 Å². The van der Waals surface area contributed by atoms with Crippen LogP contribution in [0.15, 0.2) is 24.4 Å². The summed E-state index contributed by atoms with van der Waals surface area (Å²) in [6, 6.07) is 5.99. The van der Waals surface area contributed by atoms with Gasteiger partial charge in [-0.2, -0.15) is 5.10 Å². The largest absolute Gasteiger partial charge is 0.294 e. The zero-order chi connectivity index (χ0) is 11.0. The van der Waals surface area contributed by atoms with Crippen LogP contribution in [0, 0.1) is 0 Å². The maximum Gasteiger partial charge on any atom is 0.161 e. The second-order valence-electron chi connectivity index (χ2n) is 3.98. The second kappa shape index (κ2) is 3.50. The first-order chi connectivity index (χ1) is 7.11. The summed E-state index contributed by atoms with van der Waals surface area (Å²) in [7, 11) is 0. The molecule has 2 rings (SSSR count). The topological polar surface area (TPSA) is 34.9 Å². The third-order valence-corrected chi connectivity index (χ3v) is 2.49. The monoisotopic (exact) mass is 202 g/mol. The average molecular weight is 202 g/mol. The Morgan fingerprint density at radius 1 is 1.40 bits per heavy atom. The normalized spacial score (nSPS) is 11.2. The molecule has 0 bridgehead atoms. The Morgan fingerprint density at radius 2 is 2.13 bits per heavy atom. The highest BCUT2D eigenvalue weighted by atomic mass is 16.1. The quantitative estimate of drug-likeness (QED) is 0.702. The number of rotatable bonds is 2. The molecule has 0 radical (unpaired) electrons. The highest BCUT2D eigenvalue weighted by Crippen LogP contribution is 2.21. The summed E-state index contributed by atoms with van der Waals surface area (Å²) in [4.78, 5) is 11.5. The number of Topliss-reactive ketones (excluding diaryl/α,β-unsaturated/α-hetero) is 1. The number of aromatic nitrogens is 2. The summed E-state index contributed by atoms with van der Waals surface area (Å²) >= 11 is 0. The Balaban J connectivity index is 2.80. The van der Waals surface area contributed by atoms with Gasteiger partial charge in [-0.25, -0.2) is 0 Å². The van der Waals surface area contributed by atoms with Crippen molar-refractivity contribution in [3.8, 4) is 0 Å². The molecule has 0 saturated carbocycles. The van der Waals surface area contributed by atoms with Gasteiger partial charge in [0.15, 0.2) is 5.78 Å². The van der Waals surface area contributed by atoms with Crippen molar-refractivity contribution in [3.63, 3.8) is 0 Å². The zero-order valence-electron chi connectivity index (χ0n) is 9.19. The number of benzene rings is 1. The third kappa shape index (κ3) is 1.54. The average Bonchev–Trinajstić information content (AvgIpc) is 2.60. The van der Waals surface area contributed by atoms with Gasteiger partial charge in [-0.3, -0.25) is 9.48 Å². The molecule has 2 aromatic rings. The van der Waals surface area contributed by atoms with E-state index in [4.69, 9.17) is 0 Å². The standard InChI is InChI=1S/C12H14N2O/c1-8(2)14-12-10(7-13-14)5-4-6-11(12)9(3)15/h4-8H,1-3H3. The van der Waals surface area contributed by atoms with Crippen LogP contribution >= 0.6 is 0 Å². The summed E-state index contributed by atoms with van der Waals surface area (Å²) in [6.07, 6.45) is 1.81. The molecule has 0 aliphatic heterocycles. The third-order valence-electron chi connectivity index (χ3n) is 2.49. The number of carbonyl (C=O) groups is 1. The first-order valence-electron chi connectivity index (χ1n) is 5.08. The lowest BCUT2D eigenvalue weighted by Gasteiger charge is -2.09. The van der Waals surface area contributed by atoms with Gasteiger partial charge in [0.2, 0.25) is 0 Å². The van der Waals surface area contributed by atoms with E-state index < -0.39 is 0 Å². The predicted molar refractivity (Wildman–Crippen MR) is 60.1 cm³/mol. The van der Waals surface area contributed by atoms with E-state index in [2.05, 4.69) is 18.9 Å². The second-order valence-corrected chi connectivity index (χ2v) is 3.98. The molecule has 1 heterocycles. The molecule has 0 unspecified atom stereocenters. The van der Waals surface area contributed by atoms with E-state index in [0.29, 0.717) is 0 Å². The molecule has 0 N–H and O–H groups in total. The molecule has 0 fully saturated rings. The number of hydrogen-bond donors (Lipinski definition) is 0. The van der Waals surface area contributed by atoms with Crippen LogP contribution in [0.2, 0.25) is 0 Å². The molecule has 0 atom stereocenters. The first-order valence-corrected chi connectivity index (χ1v) is 5.08. The van der Waals surface area contributed by atoms with Crippen molar-refractivity contribution in [2.24, 2.45) is 0 Å². The minimum atomic E-state index is 0.0861. The van der Waals surface area contributed by atoms with Crippen LogP contribution in [0.4, 0.5) is 0 Å². The van der Waals surface area contributed by atoms with Crippen molar-refractivity contribution >= 4 is 16.7 Å². The van der Waals surface area contributed by atoms with E-state index in [1.165, 1.54) is 0 Å². The number of carbonyl (C=O) groups excluding carboxylic acids is 1. The van der Waals surface area contributed by atoms with Gasteiger partial charge < -0.3 is 0 Å². The fourth-order valence-electron chi connectivity index (χ4n) is 1.78. The van der Waals surface area contributed by atoms with E-state index in [0.717, 1.165) is 16.5 Å². The van der Waals surface area contributed by atoms with Crippen molar-refractivity contribution in [3.05, 3.63) is 30.0 Å². The lowest BCUT2D eigenvalue weighted by atomic mass is 10.1. The fourth-order valence-corrected chi connectivity index (χ4v) is 1.78. The zero-order valence-corrected chi connectivity index (χ0v) is 9.19. The van der Waals surface area contributed by atoms with Crippen LogP contribution < -0.4 is 0 Å². The highest BCUT2D eigenvalue weighted by molar-refractivity contribution is 6.05. The highest BCUT2D eigenvalue weighted by Gasteiger charge is 2.12. The van der Waals surface area contributed by atoms with E-state index >= 15 is 0 Å². The van der Waals surface area contributed by atoms with Gasteiger partial charge in [0.25, 0.3) is 0 Å². The summed E-state index contributed by atoms with van der Waals surface area (Å²) in [5.74, 6) is 0.0861. The molecule has 78 valence electrons. The van der Waals surface area contributed by atoms with Crippen LogP contribution in [0.1, 0.15) is 37.2 Å². The number of para-hydroxylation sites is 1. The van der Waals surface area contributed by atoms with Gasteiger partial charge in [0.1, 0.15) is 0 Å². The van der Waals surface area contributed by atoms with Crippen LogP contribution in [0.25, 0.3) is 10.9 Å². The minimum absolute atomic E-state index is 0.0861. The predicted octanol–water partition coefficient (Wildman–Crippen LogP) is 2.82. The fraction of sp³-hybridized carbons (Fsp3) is 0.333. The molecule has 0 saturated heterocycles. The van der Waals surface area contributed by atoms with E-state index in [1.807, 2.05) is 29.1 Å². The minimum Gasteiger partial charge on any atom is -0.294 e. The molecule has 0 spiro atoms. The lowest BCUT2D eigenvalue weighted by Crippen LogP contribution is -2.05. The van der Waals surface area contributed by atoms with Gasteiger partial charge in [-0.05, 0) is 26.8 Å². The number of ketones is 1. The van der Waals surface area contributed by atoms with Gasteiger partial charge in [0.05, 0.1) is 11.7 Å². The van der Waals surface area contributed by atoms with Crippen LogP contribution in [0.3, 0.4) is 0 Å². The summed E-state index contributed by atoms with van der Waals surface area (Å²) in [5.41, 5.74) is 1.69. The molecule has 3 heteroatoms.